The SMILES string of the molecule is N[C@H](C=O)N1CCc2ccccc21. The van der Waals surface area contributed by atoms with Crippen LogP contribution < -0.4 is 10.6 Å². The summed E-state index contributed by atoms with van der Waals surface area (Å²) < 4.78 is 0. The maximum atomic E-state index is 10.5. The van der Waals surface area contributed by atoms with E-state index in [2.05, 4.69) is 6.07 Å². The summed E-state index contributed by atoms with van der Waals surface area (Å²) in [5.41, 5.74) is 8.03. The van der Waals surface area contributed by atoms with Crippen LogP contribution in [0.1, 0.15) is 5.56 Å². The molecule has 1 atom stereocenters. The Morgan fingerprint density at radius 2 is 2.23 bits per heavy atom. The van der Waals surface area contributed by atoms with E-state index in [1.54, 1.807) is 0 Å². The number of anilines is 1. The van der Waals surface area contributed by atoms with Crippen LogP contribution in [0.4, 0.5) is 5.69 Å². The first kappa shape index (κ1) is 8.26. The molecule has 68 valence electrons. The summed E-state index contributed by atoms with van der Waals surface area (Å²) in [5.74, 6) is 0. The quantitative estimate of drug-likeness (QED) is 0.669. The Labute approximate surface area is 77.1 Å². The summed E-state index contributed by atoms with van der Waals surface area (Å²) in [5, 5.41) is 0. The highest BCUT2D eigenvalue weighted by Crippen LogP contribution is 2.27. The zero-order valence-corrected chi connectivity index (χ0v) is 7.31. The average molecular weight is 176 g/mol. The molecule has 0 saturated carbocycles. The minimum absolute atomic E-state index is 0.497. The number of fused-ring (bicyclic) bond motifs is 1. The molecule has 2 N–H and O–H groups in total. The van der Waals surface area contributed by atoms with E-state index in [9.17, 15) is 4.79 Å². The number of carbonyl (C=O) groups is 1. The predicted molar refractivity (Wildman–Crippen MR) is 51.5 cm³/mol. The fourth-order valence-electron chi connectivity index (χ4n) is 1.75. The molecule has 1 aromatic carbocycles. The van der Waals surface area contributed by atoms with Crippen molar-refractivity contribution in [1.29, 1.82) is 0 Å². The molecule has 3 nitrogen and oxygen atoms in total. The largest absolute Gasteiger partial charge is 0.349 e. The van der Waals surface area contributed by atoms with Crippen LogP contribution in [0.15, 0.2) is 24.3 Å². The van der Waals surface area contributed by atoms with Gasteiger partial charge in [-0.3, -0.25) is 4.79 Å². The lowest BCUT2D eigenvalue weighted by atomic mass is 10.2. The second-order valence-corrected chi connectivity index (χ2v) is 3.20. The van der Waals surface area contributed by atoms with E-state index in [0.717, 1.165) is 24.9 Å². The third-order valence-corrected chi connectivity index (χ3v) is 2.42. The third-order valence-electron chi connectivity index (χ3n) is 2.42. The van der Waals surface area contributed by atoms with Gasteiger partial charge in [-0.1, -0.05) is 18.2 Å². The Kier molecular flexibility index (Phi) is 2.02. The van der Waals surface area contributed by atoms with Gasteiger partial charge in [0.05, 0.1) is 0 Å². The van der Waals surface area contributed by atoms with Crippen molar-refractivity contribution in [2.75, 3.05) is 11.4 Å². The summed E-state index contributed by atoms with van der Waals surface area (Å²) in [7, 11) is 0. The first-order valence-corrected chi connectivity index (χ1v) is 4.38. The van der Waals surface area contributed by atoms with Gasteiger partial charge in [-0.25, -0.2) is 0 Å². The number of benzene rings is 1. The van der Waals surface area contributed by atoms with Crippen LogP contribution in [0, 0.1) is 0 Å². The summed E-state index contributed by atoms with van der Waals surface area (Å²) in [6.45, 7) is 0.846. The van der Waals surface area contributed by atoms with Crippen molar-refractivity contribution in [3.63, 3.8) is 0 Å². The Bertz CT molecular complexity index is 324. The molecule has 0 aromatic heterocycles. The van der Waals surface area contributed by atoms with E-state index in [1.165, 1.54) is 5.56 Å². The maximum Gasteiger partial charge on any atom is 0.156 e. The van der Waals surface area contributed by atoms with Crippen molar-refractivity contribution in [2.45, 2.75) is 12.6 Å². The molecule has 0 radical (unpaired) electrons. The van der Waals surface area contributed by atoms with Crippen LogP contribution >= 0.6 is 0 Å². The van der Waals surface area contributed by atoms with Gasteiger partial charge in [-0.05, 0) is 18.1 Å². The maximum absolute atomic E-state index is 10.5. The highest BCUT2D eigenvalue weighted by atomic mass is 16.1. The van der Waals surface area contributed by atoms with Gasteiger partial charge < -0.3 is 10.6 Å². The van der Waals surface area contributed by atoms with E-state index >= 15 is 0 Å². The molecule has 1 aliphatic rings. The predicted octanol–water partition coefficient (Wildman–Crippen LogP) is 0.533. The lowest BCUT2D eigenvalue weighted by Gasteiger charge is -2.22. The van der Waals surface area contributed by atoms with E-state index in [1.807, 2.05) is 23.1 Å². The van der Waals surface area contributed by atoms with Crippen LogP contribution in [0.25, 0.3) is 0 Å². The van der Waals surface area contributed by atoms with Crippen LogP contribution in [0.3, 0.4) is 0 Å². The van der Waals surface area contributed by atoms with Gasteiger partial charge in [0, 0.05) is 12.2 Å². The van der Waals surface area contributed by atoms with Crippen LogP contribution in [0.2, 0.25) is 0 Å². The zero-order chi connectivity index (χ0) is 9.26. The molecular weight excluding hydrogens is 164 g/mol. The number of hydrogen-bond donors (Lipinski definition) is 1. The van der Waals surface area contributed by atoms with Gasteiger partial charge in [0.15, 0.2) is 6.29 Å². The standard InChI is InChI=1S/C10H12N2O/c11-10(7-13)12-6-5-8-3-1-2-4-9(8)12/h1-4,7,10H,5-6,11H2/t10-/m0/s1. The fraction of sp³-hybridized carbons (Fsp3) is 0.300. The second-order valence-electron chi connectivity index (χ2n) is 3.20. The zero-order valence-electron chi connectivity index (χ0n) is 7.31. The number of nitrogens with two attached hydrogens (primary N) is 1. The van der Waals surface area contributed by atoms with Gasteiger partial charge in [0.2, 0.25) is 0 Å². The van der Waals surface area contributed by atoms with Crippen molar-refractivity contribution >= 4 is 12.0 Å². The van der Waals surface area contributed by atoms with Crippen LogP contribution in [-0.4, -0.2) is 19.0 Å². The van der Waals surface area contributed by atoms with E-state index in [-0.39, 0.29) is 0 Å². The topological polar surface area (TPSA) is 46.3 Å². The molecule has 0 bridgehead atoms. The molecule has 0 fully saturated rings. The van der Waals surface area contributed by atoms with Crippen molar-refractivity contribution in [3.05, 3.63) is 29.8 Å². The van der Waals surface area contributed by atoms with Gasteiger partial charge in [0.25, 0.3) is 0 Å². The van der Waals surface area contributed by atoms with Gasteiger partial charge >= 0.3 is 0 Å². The lowest BCUT2D eigenvalue weighted by Crippen LogP contribution is -2.42. The summed E-state index contributed by atoms with van der Waals surface area (Å²) in [6.07, 6.45) is 1.27. The van der Waals surface area contributed by atoms with Crippen molar-refractivity contribution in [2.24, 2.45) is 5.73 Å². The first-order valence-electron chi connectivity index (χ1n) is 4.38. The number of nitrogens with zero attached hydrogens (tertiary/aromatic N) is 1. The molecule has 13 heavy (non-hydrogen) atoms. The second kappa shape index (κ2) is 3.18. The number of hydrogen-bond acceptors (Lipinski definition) is 3. The third kappa shape index (κ3) is 1.31. The molecule has 0 unspecified atom stereocenters. The van der Waals surface area contributed by atoms with E-state index < -0.39 is 6.17 Å². The van der Waals surface area contributed by atoms with Crippen molar-refractivity contribution < 1.29 is 4.79 Å². The highest BCUT2D eigenvalue weighted by Gasteiger charge is 2.22. The molecular formula is C10H12N2O. The summed E-state index contributed by atoms with van der Waals surface area (Å²) >= 11 is 0. The van der Waals surface area contributed by atoms with Gasteiger partial charge in [-0.15, -0.1) is 0 Å². The molecule has 0 saturated heterocycles. The summed E-state index contributed by atoms with van der Waals surface area (Å²) in [6, 6.07) is 8.06. The number of rotatable bonds is 2. The van der Waals surface area contributed by atoms with Gasteiger partial charge in [0.1, 0.15) is 6.17 Å². The monoisotopic (exact) mass is 176 g/mol. The molecule has 0 spiro atoms. The first-order chi connectivity index (χ1) is 6.33. The number of para-hydroxylation sites is 1. The lowest BCUT2D eigenvalue weighted by molar-refractivity contribution is -0.108. The van der Waals surface area contributed by atoms with Crippen molar-refractivity contribution in [3.8, 4) is 0 Å². The fourth-order valence-corrected chi connectivity index (χ4v) is 1.75. The minimum atomic E-state index is -0.497. The Balaban J connectivity index is 2.33. The molecule has 0 aliphatic carbocycles. The Hall–Kier alpha value is -1.35. The molecule has 3 heteroatoms. The van der Waals surface area contributed by atoms with E-state index in [0.29, 0.717) is 0 Å². The molecule has 1 aromatic rings. The Morgan fingerprint density at radius 1 is 1.46 bits per heavy atom. The molecule has 1 heterocycles. The minimum Gasteiger partial charge on any atom is -0.349 e. The van der Waals surface area contributed by atoms with Crippen LogP contribution in [-0.2, 0) is 11.2 Å². The Morgan fingerprint density at radius 3 is 3.00 bits per heavy atom. The van der Waals surface area contributed by atoms with Gasteiger partial charge in [-0.2, -0.15) is 0 Å². The normalized spacial score (nSPS) is 16.8. The molecule has 2 rings (SSSR count). The summed E-state index contributed by atoms with van der Waals surface area (Å²) in [4.78, 5) is 12.5. The van der Waals surface area contributed by atoms with E-state index in [4.69, 9.17) is 5.73 Å². The van der Waals surface area contributed by atoms with Crippen molar-refractivity contribution in [1.82, 2.24) is 0 Å². The number of aldehydes is 1. The highest BCUT2D eigenvalue weighted by molar-refractivity contribution is 5.69. The average Bonchev–Trinajstić information content (AvgIpc) is 2.60. The molecule has 1 aliphatic heterocycles. The smallest absolute Gasteiger partial charge is 0.156 e. The molecule has 0 amide bonds. The number of carbonyl (C=O) groups excluding carboxylic acids is 1. The van der Waals surface area contributed by atoms with Crippen LogP contribution in [0.5, 0.6) is 0 Å².